The Morgan fingerprint density at radius 3 is 2.88 bits per heavy atom. The van der Waals surface area contributed by atoms with Crippen molar-refractivity contribution < 1.29 is 19.1 Å². The number of hydrogen-bond acceptors (Lipinski definition) is 4. The molecule has 0 radical (unpaired) electrons. The van der Waals surface area contributed by atoms with E-state index < -0.39 is 17.5 Å². The van der Waals surface area contributed by atoms with Crippen molar-refractivity contribution in [3.63, 3.8) is 0 Å². The fraction of sp³-hybridized carbons (Fsp3) is 0.667. The van der Waals surface area contributed by atoms with Crippen LogP contribution in [0.2, 0.25) is 0 Å². The van der Waals surface area contributed by atoms with Crippen LogP contribution in [0, 0.1) is 11.3 Å². The zero-order chi connectivity index (χ0) is 11.2. The molecule has 0 aromatic rings. The molecule has 3 atom stereocenters. The lowest BCUT2D eigenvalue weighted by Gasteiger charge is -2.22. The van der Waals surface area contributed by atoms with Crippen LogP contribution in [-0.4, -0.2) is 24.6 Å². The summed E-state index contributed by atoms with van der Waals surface area (Å²) in [6.07, 6.45) is 6.65. The molecule has 2 fully saturated rings. The van der Waals surface area contributed by atoms with E-state index in [1.165, 1.54) is 0 Å². The zero-order valence-electron chi connectivity index (χ0n) is 8.98. The molecule has 4 nitrogen and oxygen atoms in total. The van der Waals surface area contributed by atoms with Gasteiger partial charge in [-0.25, -0.2) is 4.79 Å². The molecule has 86 valence electrons. The summed E-state index contributed by atoms with van der Waals surface area (Å²) in [5, 5.41) is 0. The minimum Gasteiger partial charge on any atom is -0.463 e. The first-order valence-corrected chi connectivity index (χ1v) is 5.77. The summed E-state index contributed by atoms with van der Waals surface area (Å²) >= 11 is 0. The van der Waals surface area contributed by atoms with E-state index in [0.29, 0.717) is 18.9 Å². The Morgan fingerprint density at radius 2 is 2.38 bits per heavy atom. The maximum atomic E-state index is 12.0. The number of carbonyl (C=O) groups excluding carboxylic acids is 2. The molecule has 0 aromatic heterocycles. The van der Waals surface area contributed by atoms with Crippen LogP contribution in [-0.2, 0) is 19.1 Å². The summed E-state index contributed by atoms with van der Waals surface area (Å²) in [6.45, 7) is 0.363. The molecule has 1 heterocycles. The summed E-state index contributed by atoms with van der Waals surface area (Å²) in [5.41, 5.74) is -0.437. The van der Waals surface area contributed by atoms with E-state index in [9.17, 15) is 9.59 Å². The molecular weight excluding hydrogens is 208 g/mol. The van der Waals surface area contributed by atoms with Gasteiger partial charge in [-0.1, -0.05) is 12.2 Å². The third-order valence-corrected chi connectivity index (χ3v) is 3.82. The van der Waals surface area contributed by atoms with Gasteiger partial charge in [0.2, 0.25) is 6.10 Å². The molecule has 0 spiro atoms. The van der Waals surface area contributed by atoms with Gasteiger partial charge in [0.05, 0.1) is 12.0 Å². The third-order valence-electron chi connectivity index (χ3n) is 3.82. The van der Waals surface area contributed by atoms with Crippen molar-refractivity contribution in [3.05, 3.63) is 12.2 Å². The van der Waals surface area contributed by atoms with Gasteiger partial charge in [0.1, 0.15) is 0 Å². The van der Waals surface area contributed by atoms with E-state index in [0.717, 1.165) is 19.3 Å². The number of cyclic esters (lactones) is 1. The van der Waals surface area contributed by atoms with E-state index in [1.54, 1.807) is 0 Å². The summed E-state index contributed by atoms with van der Waals surface area (Å²) in [6, 6.07) is 0. The number of esters is 2. The number of allylic oxidation sites excluding steroid dienone is 1. The molecular formula is C12H14O4. The Hall–Kier alpha value is -1.32. The molecule has 3 aliphatic rings. The lowest BCUT2D eigenvalue weighted by molar-refractivity contribution is -0.166. The summed E-state index contributed by atoms with van der Waals surface area (Å²) in [4.78, 5) is 23.3. The number of hydrogen-bond donors (Lipinski definition) is 0. The van der Waals surface area contributed by atoms with Gasteiger partial charge in [0.25, 0.3) is 0 Å². The summed E-state index contributed by atoms with van der Waals surface area (Å²) in [5.74, 6) is -0.114. The number of ether oxygens (including phenoxy) is 2. The summed E-state index contributed by atoms with van der Waals surface area (Å²) in [7, 11) is 0. The predicted octanol–water partition coefficient (Wildman–Crippen LogP) is 1.20. The Morgan fingerprint density at radius 1 is 1.50 bits per heavy atom. The highest BCUT2D eigenvalue weighted by atomic mass is 16.6. The Bertz CT molecular complexity index is 373. The molecule has 4 heteroatoms. The minimum absolute atomic E-state index is 0.243. The smallest absolute Gasteiger partial charge is 0.347 e. The molecule has 1 saturated carbocycles. The fourth-order valence-corrected chi connectivity index (χ4v) is 2.84. The van der Waals surface area contributed by atoms with Gasteiger partial charge in [-0.2, -0.15) is 0 Å². The number of fused-ring (bicyclic) bond motifs is 2. The SMILES string of the molecule is O=C1OCCC1OC(=O)C12C=CC(CC1)C2. The topological polar surface area (TPSA) is 52.6 Å². The third kappa shape index (κ3) is 1.36. The molecule has 0 aromatic carbocycles. The van der Waals surface area contributed by atoms with Crippen LogP contribution < -0.4 is 0 Å². The van der Waals surface area contributed by atoms with Gasteiger partial charge in [0, 0.05) is 6.42 Å². The lowest BCUT2D eigenvalue weighted by Crippen LogP contribution is -2.32. The maximum absolute atomic E-state index is 12.0. The molecule has 1 saturated heterocycles. The standard InChI is InChI=1S/C12H14O4/c13-10-9(3-6-15-10)16-11(14)12-4-1-8(7-12)2-5-12/h1,4,8-9H,2-3,5-7H2. The van der Waals surface area contributed by atoms with Crippen molar-refractivity contribution in [3.8, 4) is 0 Å². The van der Waals surface area contributed by atoms with Crippen molar-refractivity contribution >= 4 is 11.9 Å². The number of rotatable bonds is 2. The number of carbonyl (C=O) groups is 2. The van der Waals surface area contributed by atoms with Crippen molar-refractivity contribution in [1.82, 2.24) is 0 Å². The quantitative estimate of drug-likeness (QED) is 0.520. The molecule has 16 heavy (non-hydrogen) atoms. The Balaban J connectivity index is 1.69. The van der Waals surface area contributed by atoms with E-state index in [2.05, 4.69) is 6.08 Å². The first-order valence-electron chi connectivity index (χ1n) is 5.77. The van der Waals surface area contributed by atoms with Gasteiger partial charge < -0.3 is 9.47 Å². The average molecular weight is 222 g/mol. The first kappa shape index (κ1) is 9.87. The molecule has 3 unspecified atom stereocenters. The highest BCUT2D eigenvalue weighted by Crippen LogP contribution is 2.50. The van der Waals surface area contributed by atoms with Gasteiger partial charge in [-0.15, -0.1) is 0 Å². The van der Waals surface area contributed by atoms with E-state index in [-0.39, 0.29) is 5.97 Å². The molecule has 2 bridgehead atoms. The largest absolute Gasteiger partial charge is 0.463 e. The highest BCUT2D eigenvalue weighted by molar-refractivity contribution is 5.85. The summed E-state index contributed by atoms with van der Waals surface area (Å²) < 4.78 is 10.0. The molecule has 1 aliphatic heterocycles. The van der Waals surface area contributed by atoms with Crippen LogP contribution in [0.5, 0.6) is 0 Å². The maximum Gasteiger partial charge on any atom is 0.347 e. The van der Waals surface area contributed by atoms with Gasteiger partial charge >= 0.3 is 11.9 Å². The molecule has 0 amide bonds. The van der Waals surface area contributed by atoms with Crippen LogP contribution in [0.3, 0.4) is 0 Å². The van der Waals surface area contributed by atoms with E-state index >= 15 is 0 Å². The lowest BCUT2D eigenvalue weighted by atomic mass is 9.88. The molecule has 3 rings (SSSR count). The van der Waals surface area contributed by atoms with Crippen LogP contribution in [0.15, 0.2) is 12.2 Å². The average Bonchev–Trinajstić information content (AvgIpc) is 2.95. The zero-order valence-corrected chi connectivity index (χ0v) is 8.98. The molecule has 0 N–H and O–H groups in total. The van der Waals surface area contributed by atoms with Gasteiger partial charge in [-0.05, 0) is 25.2 Å². The Labute approximate surface area is 93.6 Å². The van der Waals surface area contributed by atoms with Gasteiger partial charge in [0.15, 0.2) is 0 Å². The van der Waals surface area contributed by atoms with Crippen LogP contribution in [0.1, 0.15) is 25.7 Å². The van der Waals surface area contributed by atoms with E-state index in [4.69, 9.17) is 9.47 Å². The monoisotopic (exact) mass is 222 g/mol. The van der Waals surface area contributed by atoms with Crippen LogP contribution in [0.4, 0.5) is 0 Å². The van der Waals surface area contributed by atoms with Gasteiger partial charge in [-0.3, -0.25) is 4.79 Å². The van der Waals surface area contributed by atoms with Crippen molar-refractivity contribution in [2.24, 2.45) is 11.3 Å². The second-order valence-electron chi connectivity index (χ2n) is 4.87. The second kappa shape index (κ2) is 3.34. The van der Waals surface area contributed by atoms with E-state index in [1.807, 2.05) is 6.08 Å². The van der Waals surface area contributed by atoms with Crippen LogP contribution in [0.25, 0.3) is 0 Å². The van der Waals surface area contributed by atoms with Crippen molar-refractivity contribution in [2.45, 2.75) is 31.8 Å². The first-order chi connectivity index (χ1) is 7.70. The fourth-order valence-electron chi connectivity index (χ4n) is 2.84. The minimum atomic E-state index is -0.671. The highest BCUT2D eigenvalue weighted by Gasteiger charge is 2.49. The van der Waals surface area contributed by atoms with Crippen molar-refractivity contribution in [2.75, 3.05) is 6.61 Å². The predicted molar refractivity (Wildman–Crippen MR) is 54.4 cm³/mol. The Kier molecular flexibility index (Phi) is 2.06. The van der Waals surface area contributed by atoms with Crippen LogP contribution >= 0.6 is 0 Å². The second-order valence-corrected chi connectivity index (χ2v) is 4.87. The van der Waals surface area contributed by atoms with Crippen molar-refractivity contribution in [1.29, 1.82) is 0 Å². The normalized spacial score (nSPS) is 40.1. The molecule has 2 aliphatic carbocycles.